The molecule has 2 N–H and O–H groups in total. The van der Waals surface area contributed by atoms with Crippen molar-refractivity contribution < 1.29 is 9.53 Å². The fourth-order valence-corrected chi connectivity index (χ4v) is 5.53. The van der Waals surface area contributed by atoms with E-state index in [1.54, 1.807) is 11.8 Å². The molecule has 188 valence electrons. The summed E-state index contributed by atoms with van der Waals surface area (Å²) >= 11 is 0. The van der Waals surface area contributed by atoms with Crippen molar-refractivity contribution in [2.75, 3.05) is 30.4 Å². The fraction of sp³-hybridized carbons (Fsp3) is 0.444. The van der Waals surface area contributed by atoms with Crippen LogP contribution in [0, 0.1) is 13.8 Å². The Morgan fingerprint density at radius 3 is 2.53 bits per heavy atom. The minimum absolute atomic E-state index is 0.214. The van der Waals surface area contributed by atoms with Gasteiger partial charge >= 0.3 is 0 Å². The van der Waals surface area contributed by atoms with E-state index in [0.29, 0.717) is 28.6 Å². The molecule has 36 heavy (non-hydrogen) atoms. The van der Waals surface area contributed by atoms with E-state index in [2.05, 4.69) is 31.7 Å². The van der Waals surface area contributed by atoms with Gasteiger partial charge in [0.2, 0.25) is 0 Å². The predicted octanol–water partition coefficient (Wildman–Crippen LogP) is 3.82. The van der Waals surface area contributed by atoms with E-state index in [-0.39, 0.29) is 5.91 Å². The van der Waals surface area contributed by atoms with Gasteiger partial charge in [0.1, 0.15) is 16.7 Å². The van der Waals surface area contributed by atoms with Gasteiger partial charge < -0.3 is 24.7 Å². The van der Waals surface area contributed by atoms with Crippen molar-refractivity contribution >= 4 is 33.7 Å². The lowest BCUT2D eigenvalue weighted by atomic mass is 10.0. The zero-order valence-corrected chi connectivity index (χ0v) is 21.3. The van der Waals surface area contributed by atoms with Gasteiger partial charge in [0.05, 0.1) is 24.1 Å². The first-order valence-corrected chi connectivity index (χ1v) is 12.7. The number of aryl methyl sites for hydroxylation is 3. The second-order valence-corrected chi connectivity index (χ2v) is 10.2. The topological polar surface area (TPSA) is 88.7 Å². The molecule has 4 heterocycles. The first kappa shape index (κ1) is 22.8. The van der Waals surface area contributed by atoms with E-state index in [0.717, 1.165) is 60.0 Å². The standard InChI is InChI=1S/C27H33N7O2/c1-16-13-34-15-22(26(36-4)25(34)17(2)28-16)30-27(35)20-7-8-23(21-14-32(3)31-24(20)21)33-11-9-19(10-12-33)29-18-5-6-18/h7-8,13-15,18-19,29H,5-6,9-12H2,1-4H3,(H,30,35). The van der Waals surface area contributed by atoms with Gasteiger partial charge in [-0.1, -0.05) is 0 Å². The van der Waals surface area contributed by atoms with E-state index < -0.39 is 0 Å². The van der Waals surface area contributed by atoms with Crippen LogP contribution in [0.2, 0.25) is 0 Å². The van der Waals surface area contributed by atoms with E-state index in [4.69, 9.17) is 4.74 Å². The summed E-state index contributed by atoms with van der Waals surface area (Å²) in [5.41, 5.74) is 5.59. The van der Waals surface area contributed by atoms with E-state index in [1.807, 2.05) is 50.0 Å². The highest BCUT2D eigenvalue weighted by atomic mass is 16.5. The number of nitrogens with one attached hydrogen (secondary N) is 2. The molecule has 1 amide bonds. The van der Waals surface area contributed by atoms with Crippen LogP contribution in [0.3, 0.4) is 0 Å². The Morgan fingerprint density at radius 1 is 1.06 bits per heavy atom. The lowest BCUT2D eigenvalue weighted by Gasteiger charge is -2.34. The fourth-order valence-electron chi connectivity index (χ4n) is 5.53. The number of aromatic nitrogens is 4. The van der Waals surface area contributed by atoms with Crippen molar-refractivity contribution in [3.8, 4) is 5.75 Å². The Labute approximate surface area is 210 Å². The van der Waals surface area contributed by atoms with Crippen LogP contribution < -0.4 is 20.3 Å². The Bertz CT molecular complexity index is 1460. The van der Waals surface area contributed by atoms with Gasteiger partial charge in [0.15, 0.2) is 5.75 Å². The third-order valence-corrected chi connectivity index (χ3v) is 7.35. The maximum atomic E-state index is 13.5. The van der Waals surface area contributed by atoms with Crippen molar-refractivity contribution in [1.82, 2.24) is 24.5 Å². The molecule has 6 rings (SSSR count). The molecule has 0 bridgehead atoms. The monoisotopic (exact) mass is 487 g/mol. The van der Waals surface area contributed by atoms with Gasteiger partial charge in [-0.2, -0.15) is 5.10 Å². The average molecular weight is 488 g/mol. The number of amides is 1. The molecule has 3 aromatic heterocycles. The van der Waals surface area contributed by atoms with Gasteiger partial charge in [-0.3, -0.25) is 14.5 Å². The third-order valence-electron chi connectivity index (χ3n) is 7.35. The zero-order valence-electron chi connectivity index (χ0n) is 21.3. The van der Waals surface area contributed by atoms with Gasteiger partial charge in [0, 0.05) is 61.9 Å². The van der Waals surface area contributed by atoms with Crippen LogP contribution in [-0.4, -0.2) is 57.4 Å². The number of nitrogens with zero attached hydrogens (tertiary/aromatic N) is 5. The molecule has 0 spiro atoms. The number of hydrogen-bond acceptors (Lipinski definition) is 6. The highest BCUT2D eigenvalue weighted by molar-refractivity contribution is 6.14. The molecule has 2 aliphatic rings. The first-order valence-electron chi connectivity index (χ1n) is 12.7. The van der Waals surface area contributed by atoms with Gasteiger partial charge in [-0.05, 0) is 51.7 Å². The lowest BCUT2D eigenvalue weighted by Crippen LogP contribution is -2.43. The summed E-state index contributed by atoms with van der Waals surface area (Å²) in [4.78, 5) is 20.5. The maximum absolute atomic E-state index is 13.5. The number of anilines is 2. The first-order chi connectivity index (χ1) is 17.4. The molecular formula is C27H33N7O2. The molecule has 1 aromatic carbocycles. The summed E-state index contributed by atoms with van der Waals surface area (Å²) in [7, 11) is 3.51. The minimum atomic E-state index is -0.214. The summed E-state index contributed by atoms with van der Waals surface area (Å²) in [6.07, 6.45) is 10.7. The average Bonchev–Trinajstić information content (AvgIpc) is 3.46. The van der Waals surface area contributed by atoms with Gasteiger partial charge in [-0.15, -0.1) is 0 Å². The molecule has 0 unspecified atom stereocenters. The molecule has 4 aromatic rings. The highest BCUT2D eigenvalue weighted by Gasteiger charge is 2.28. The second-order valence-electron chi connectivity index (χ2n) is 10.2. The largest absolute Gasteiger partial charge is 0.492 e. The van der Waals surface area contributed by atoms with Crippen LogP contribution in [0.25, 0.3) is 16.4 Å². The molecule has 1 aliphatic heterocycles. The van der Waals surface area contributed by atoms with Crippen molar-refractivity contribution in [2.45, 2.75) is 51.6 Å². The number of hydrogen-bond donors (Lipinski definition) is 2. The summed E-state index contributed by atoms with van der Waals surface area (Å²) < 4.78 is 9.42. The van der Waals surface area contributed by atoms with Crippen LogP contribution >= 0.6 is 0 Å². The molecule has 1 aliphatic carbocycles. The SMILES string of the molecule is COc1c(NC(=O)c2ccc(N3CCC(NC4CC4)CC3)c3cn(C)nc23)cn2cc(C)nc(C)c12. The predicted molar refractivity (Wildman–Crippen MR) is 141 cm³/mol. The molecule has 2 fully saturated rings. The number of methoxy groups -OCH3 is 1. The molecule has 1 saturated carbocycles. The van der Waals surface area contributed by atoms with Crippen molar-refractivity contribution in [3.63, 3.8) is 0 Å². The normalized spacial score (nSPS) is 16.7. The number of benzene rings is 1. The molecule has 9 nitrogen and oxygen atoms in total. The van der Waals surface area contributed by atoms with Crippen LogP contribution in [0.5, 0.6) is 5.75 Å². The third kappa shape index (κ3) is 4.07. The molecule has 1 saturated heterocycles. The van der Waals surface area contributed by atoms with Crippen LogP contribution in [0.4, 0.5) is 11.4 Å². The van der Waals surface area contributed by atoms with E-state index >= 15 is 0 Å². The van der Waals surface area contributed by atoms with Crippen molar-refractivity contribution in [3.05, 3.63) is 47.7 Å². The molecule has 0 radical (unpaired) electrons. The highest BCUT2D eigenvalue weighted by Crippen LogP contribution is 2.35. The number of piperidine rings is 1. The Kier molecular flexibility index (Phi) is 5.59. The van der Waals surface area contributed by atoms with Crippen LogP contribution in [0.15, 0.2) is 30.7 Å². The lowest BCUT2D eigenvalue weighted by molar-refractivity contribution is 0.102. The number of carbonyl (C=O) groups excluding carboxylic acids is 1. The van der Waals surface area contributed by atoms with Gasteiger partial charge in [0.25, 0.3) is 5.91 Å². The number of ether oxygens (including phenoxy) is 1. The second kappa shape index (κ2) is 8.81. The molecular weight excluding hydrogens is 454 g/mol. The quantitative estimate of drug-likeness (QED) is 0.430. The van der Waals surface area contributed by atoms with Gasteiger partial charge in [-0.25, -0.2) is 0 Å². The molecule has 9 heteroatoms. The van der Waals surface area contributed by atoms with E-state index in [1.165, 1.54) is 12.8 Å². The zero-order chi connectivity index (χ0) is 25.0. The minimum Gasteiger partial charge on any atom is -0.492 e. The summed E-state index contributed by atoms with van der Waals surface area (Å²) in [5, 5.41) is 12.5. The number of carbonyl (C=O) groups is 1. The van der Waals surface area contributed by atoms with Crippen LogP contribution in [-0.2, 0) is 7.05 Å². The maximum Gasteiger partial charge on any atom is 0.258 e. The summed E-state index contributed by atoms with van der Waals surface area (Å²) in [6.45, 7) is 5.89. The molecule has 0 atom stereocenters. The number of fused-ring (bicyclic) bond motifs is 2. The summed E-state index contributed by atoms with van der Waals surface area (Å²) in [6, 6.07) is 5.32. The smallest absolute Gasteiger partial charge is 0.258 e. The Morgan fingerprint density at radius 2 is 1.81 bits per heavy atom. The Balaban J connectivity index is 1.29. The number of rotatable bonds is 6. The van der Waals surface area contributed by atoms with E-state index in [9.17, 15) is 4.79 Å². The summed E-state index contributed by atoms with van der Waals surface area (Å²) in [5.74, 6) is 0.388. The Hall–Kier alpha value is -3.59. The van der Waals surface area contributed by atoms with Crippen molar-refractivity contribution in [1.29, 1.82) is 0 Å². The van der Waals surface area contributed by atoms with Crippen LogP contribution in [0.1, 0.15) is 47.4 Å². The van der Waals surface area contributed by atoms with Crippen molar-refractivity contribution in [2.24, 2.45) is 7.05 Å².